The molecule has 2 N–H and O–H groups in total. The summed E-state index contributed by atoms with van der Waals surface area (Å²) in [5, 5.41) is 5.49. The number of rotatable bonds is 4. The first kappa shape index (κ1) is 19.8. The number of urea groups is 1. The first-order valence-corrected chi connectivity index (χ1v) is 9.38. The molecule has 1 fully saturated rings. The average Bonchev–Trinajstić information content (AvgIpc) is 3.43. The van der Waals surface area contributed by atoms with E-state index in [-0.39, 0.29) is 0 Å². The number of fused-ring (bicyclic) bond motifs is 1. The number of carbonyl (C=O) groups is 3. The van der Waals surface area contributed by atoms with Crippen LogP contribution in [-0.2, 0) is 9.53 Å². The summed E-state index contributed by atoms with van der Waals surface area (Å²) in [4.78, 5) is 41.4. The van der Waals surface area contributed by atoms with Crippen LogP contribution in [0.5, 0.6) is 0 Å². The van der Waals surface area contributed by atoms with Crippen molar-refractivity contribution in [2.45, 2.75) is 58.1 Å². The molecule has 2 aromatic rings. The smallest absolute Gasteiger partial charge is 0.339 e. The molecule has 0 aliphatic heterocycles. The molecule has 148 valence electrons. The van der Waals surface area contributed by atoms with E-state index in [0.717, 1.165) is 24.1 Å². The van der Waals surface area contributed by atoms with Crippen molar-refractivity contribution in [3.63, 3.8) is 0 Å². The van der Waals surface area contributed by atoms with Crippen LogP contribution >= 0.6 is 0 Å². The lowest BCUT2D eigenvalue weighted by Crippen LogP contribution is -2.50. The molecule has 1 saturated carbocycles. The van der Waals surface area contributed by atoms with Crippen LogP contribution in [0.3, 0.4) is 0 Å². The van der Waals surface area contributed by atoms with Crippen LogP contribution in [0.25, 0.3) is 10.9 Å². The summed E-state index contributed by atoms with van der Waals surface area (Å²) in [6, 6.07) is 8.46. The highest BCUT2D eigenvalue weighted by Crippen LogP contribution is 2.40. The van der Waals surface area contributed by atoms with Gasteiger partial charge in [-0.15, -0.1) is 0 Å². The van der Waals surface area contributed by atoms with Gasteiger partial charge in [-0.1, -0.05) is 18.2 Å². The van der Waals surface area contributed by atoms with Gasteiger partial charge in [0.25, 0.3) is 5.91 Å². The van der Waals surface area contributed by atoms with Crippen LogP contribution < -0.4 is 10.6 Å². The molecule has 0 radical (unpaired) electrons. The fraction of sp³-hybridized carbons (Fsp3) is 0.429. The number of esters is 1. The SMILES string of the molecule is C[C@@H](OC(=O)c1cc(C2CC2)nc2ccccc12)C(=O)NC(=O)NC(C)(C)C. The van der Waals surface area contributed by atoms with Gasteiger partial charge in [0, 0.05) is 22.5 Å². The largest absolute Gasteiger partial charge is 0.449 e. The van der Waals surface area contributed by atoms with E-state index in [2.05, 4.69) is 15.6 Å². The Morgan fingerprint density at radius 3 is 2.50 bits per heavy atom. The maximum absolute atomic E-state index is 12.8. The van der Waals surface area contributed by atoms with E-state index in [0.29, 0.717) is 16.9 Å². The molecule has 1 aliphatic rings. The Hall–Kier alpha value is -2.96. The lowest BCUT2D eigenvalue weighted by Gasteiger charge is -2.21. The molecule has 3 rings (SSSR count). The average molecular weight is 383 g/mol. The van der Waals surface area contributed by atoms with Crippen molar-refractivity contribution in [3.8, 4) is 0 Å². The zero-order valence-electron chi connectivity index (χ0n) is 16.5. The number of hydrogen-bond donors (Lipinski definition) is 2. The molecule has 1 atom stereocenters. The van der Waals surface area contributed by atoms with Gasteiger partial charge in [-0.05, 0) is 52.7 Å². The maximum atomic E-state index is 12.8. The molecule has 0 spiro atoms. The third kappa shape index (κ3) is 4.85. The van der Waals surface area contributed by atoms with Crippen molar-refractivity contribution in [2.75, 3.05) is 0 Å². The molecule has 7 nitrogen and oxygen atoms in total. The molecular weight excluding hydrogens is 358 g/mol. The van der Waals surface area contributed by atoms with Crippen molar-refractivity contribution in [3.05, 3.63) is 41.6 Å². The summed E-state index contributed by atoms with van der Waals surface area (Å²) in [5.74, 6) is -0.923. The highest BCUT2D eigenvalue weighted by Gasteiger charge is 2.28. The van der Waals surface area contributed by atoms with Crippen molar-refractivity contribution < 1.29 is 19.1 Å². The fourth-order valence-electron chi connectivity index (χ4n) is 2.82. The third-order valence-corrected chi connectivity index (χ3v) is 4.33. The predicted molar refractivity (Wildman–Crippen MR) is 105 cm³/mol. The molecule has 1 heterocycles. The van der Waals surface area contributed by atoms with E-state index in [9.17, 15) is 14.4 Å². The Kier molecular flexibility index (Phi) is 5.36. The monoisotopic (exact) mass is 383 g/mol. The number of amides is 3. The standard InChI is InChI=1S/C21H25N3O4/c1-12(18(25)23-20(27)24-21(2,3)4)28-19(26)15-11-17(13-9-10-13)22-16-8-6-5-7-14(15)16/h5-8,11-13H,9-10H2,1-4H3,(H2,23,24,25,27)/t12-/m1/s1. The fourth-order valence-corrected chi connectivity index (χ4v) is 2.82. The van der Waals surface area contributed by atoms with E-state index in [1.165, 1.54) is 6.92 Å². The van der Waals surface area contributed by atoms with Crippen molar-refractivity contribution in [1.82, 2.24) is 15.6 Å². The normalized spacial score (nSPS) is 15.0. The van der Waals surface area contributed by atoms with Gasteiger partial charge in [-0.2, -0.15) is 0 Å². The number of ether oxygens (including phenoxy) is 1. The Balaban J connectivity index is 1.73. The Labute approximate surface area is 163 Å². The molecule has 1 aliphatic carbocycles. The summed E-state index contributed by atoms with van der Waals surface area (Å²) < 4.78 is 5.33. The van der Waals surface area contributed by atoms with Gasteiger partial charge < -0.3 is 10.1 Å². The topological polar surface area (TPSA) is 97.4 Å². The summed E-state index contributed by atoms with van der Waals surface area (Å²) in [7, 11) is 0. The van der Waals surface area contributed by atoms with Crippen LogP contribution in [0.1, 0.15) is 62.5 Å². The van der Waals surface area contributed by atoms with Crippen LogP contribution in [0, 0.1) is 0 Å². The lowest BCUT2D eigenvalue weighted by molar-refractivity contribution is -0.127. The number of benzene rings is 1. The number of nitrogens with one attached hydrogen (secondary N) is 2. The minimum absolute atomic E-state index is 0.373. The Bertz CT molecular complexity index is 929. The van der Waals surface area contributed by atoms with Crippen molar-refractivity contribution in [2.24, 2.45) is 0 Å². The molecule has 3 amide bonds. The van der Waals surface area contributed by atoms with Gasteiger partial charge in [0.1, 0.15) is 0 Å². The second-order valence-electron chi connectivity index (χ2n) is 8.13. The van der Waals surface area contributed by atoms with Crippen molar-refractivity contribution in [1.29, 1.82) is 0 Å². The number of para-hydroxylation sites is 1. The number of hydrogen-bond acceptors (Lipinski definition) is 5. The van der Waals surface area contributed by atoms with Gasteiger partial charge in [-0.25, -0.2) is 9.59 Å². The molecule has 1 aromatic carbocycles. The molecule has 0 bridgehead atoms. The molecule has 0 unspecified atom stereocenters. The van der Waals surface area contributed by atoms with Gasteiger partial charge in [0.15, 0.2) is 6.10 Å². The molecular formula is C21H25N3O4. The van der Waals surface area contributed by atoms with Gasteiger partial charge in [0.05, 0.1) is 11.1 Å². The summed E-state index contributed by atoms with van der Waals surface area (Å²) in [5.41, 5.74) is 1.48. The van der Waals surface area contributed by atoms with E-state index in [1.54, 1.807) is 32.9 Å². The zero-order chi connectivity index (χ0) is 20.5. The molecule has 1 aromatic heterocycles. The number of nitrogens with zero attached hydrogens (tertiary/aromatic N) is 1. The van der Waals surface area contributed by atoms with E-state index >= 15 is 0 Å². The van der Waals surface area contributed by atoms with Crippen molar-refractivity contribution >= 4 is 28.8 Å². The number of pyridine rings is 1. The summed E-state index contributed by atoms with van der Waals surface area (Å²) in [6.07, 6.45) is 0.998. The quantitative estimate of drug-likeness (QED) is 0.790. The highest BCUT2D eigenvalue weighted by molar-refractivity contribution is 6.05. The second kappa shape index (κ2) is 7.58. The Morgan fingerprint density at radius 2 is 1.86 bits per heavy atom. The molecule has 0 saturated heterocycles. The molecule has 28 heavy (non-hydrogen) atoms. The van der Waals surface area contributed by atoms with Crippen LogP contribution in [0.15, 0.2) is 30.3 Å². The van der Waals surface area contributed by atoms with Gasteiger partial charge in [0.2, 0.25) is 0 Å². The second-order valence-corrected chi connectivity index (χ2v) is 8.13. The minimum Gasteiger partial charge on any atom is -0.449 e. The van der Waals surface area contributed by atoms with E-state index in [4.69, 9.17) is 4.74 Å². The summed E-state index contributed by atoms with van der Waals surface area (Å²) >= 11 is 0. The Morgan fingerprint density at radius 1 is 1.18 bits per heavy atom. The predicted octanol–water partition coefficient (Wildman–Crippen LogP) is 3.28. The number of carbonyl (C=O) groups excluding carboxylic acids is 3. The van der Waals surface area contributed by atoms with E-state index in [1.807, 2.05) is 18.2 Å². The van der Waals surface area contributed by atoms with E-state index < -0.39 is 29.6 Å². The maximum Gasteiger partial charge on any atom is 0.339 e. The van der Waals surface area contributed by atoms with Gasteiger partial charge >= 0.3 is 12.0 Å². The molecule has 7 heteroatoms. The third-order valence-electron chi connectivity index (χ3n) is 4.33. The lowest BCUT2D eigenvalue weighted by atomic mass is 10.1. The van der Waals surface area contributed by atoms with Crippen LogP contribution in [-0.4, -0.2) is 34.5 Å². The zero-order valence-corrected chi connectivity index (χ0v) is 16.5. The number of imide groups is 1. The van der Waals surface area contributed by atoms with Gasteiger partial charge in [-0.3, -0.25) is 15.1 Å². The van der Waals surface area contributed by atoms with Crippen LogP contribution in [0.4, 0.5) is 4.79 Å². The minimum atomic E-state index is -1.12. The summed E-state index contributed by atoms with van der Waals surface area (Å²) in [6.45, 7) is 6.83. The first-order valence-electron chi connectivity index (χ1n) is 9.38. The van der Waals surface area contributed by atoms with Crippen LogP contribution in [0.2, 0.25) is 0 Å². The first-order chi connectivity index (χ1) is 13.1. The number of aromatic nitrogens is 1. The highest BCUT2D eigenvalue weighted by atomic mass is 16.5.